The molecule has 4 N–H and O–H groups in total. The lowest BCUT2D eigenvalue weighted by Crippen LogP contribution is -2.22. The second kappa shape index (κ2) is 6.93. The number of oxime groups is 1. The van der Waals surface area contributed by atoms with Gasteiger partial charge in [0.2, 0.25) is 5.91 Å². The average molecular weight is 275 g/mol. The van der Waals surface area contributed by atoms with Crippen LogP contribution in [0, 0.1) is 5.92 Å². The van der Waals surface area contributed by atoms with E-state index in [9.17, 15) is 4.79 Å². The van der Waals surface area contributed by atoms with Crippen molar-refractivity contribution in [2.75, 3.05) is 5.32 Å². The lowest BCUT2D eigenvalue weighted by molar-refractivity contribution is -0.120. The lowest BCUT2D eigenvalue weighted by atomic mass is 9.99. The molecular weight excluding hydrogens is 254 g/mol. The highest BCUT2D eigenvalue weighted by atomic mass is 16.4. The number of rotatable bonds is 3. The van der Waals surface area contributed by atoms with Gasteiger partial charge in [0, 0.05) is 17.2 Å². The summed E-state index contributed by atoms with van der Waals surface area (Å²) in [5.41, 5.74) is 6.82. The second-order valence-corrected chi connectivity index (χ2v) is 5.24. The molecule has 0 atom stereocenters. The normalized spacial score (nSPS) is 17.5. The number of carbonyl (C=O) groups is 1. The topological polar surface area (TPSA) is 87.7 Å². The molecule has 1 amide bonds. The van der Waals surface area contributed by atoms with Gasteiger partial charge in [-0.05, 0) is 25.0 Å². The SMILES string of the molecule is NC(=NO)c1cccc(NC(=O)C2CCCCCC2)c1. The Morgan fingerprint density at radius 1 is 1.25 bits per heavy atom. The van der Waals surface area contributed by atoms with E-state index in [2.05, 4.69) is 10.5 Å². The van der Waals surface area contributed by atoms with Gasteiger partial charge in [-0.3, -0.25) is 4.79 Å². The summed E-state index contributed by atoms with van der Waals surface area (Å²) in [5, 5.41) is 14.6. The summed E-state index contributed by atoms with van der Waals surface area (Å²) >= 11 is 0. The van der Waals surface area contributed by atoms with Crippen LogP contribution in [-0.4, -0.2) is 17.0 Å². The first-order chi connectivity index (χ1) is 9.70. The Morgan fingerprint density at radius 2 is 1.95 bits per heavy atom. The zero-order valence-corrected chi connectivity index (χ0v) is 11.5. The van der Waals surface area contributed by atoms with E-state index in [4.69, 9.17) is 10.9 Å². The van der Waals surface area contributed by atoms with Gasteiger partial charge >= 0.3 is 0 Å². The molecule has 0 bridgehead atoms. The maximum Gasteiger partial charge on any atom is 0.227 e. The van der Waals surface area contributed by atoms with Gasteiger partial charge in [-0.25, -0.2) is 0 Å². The Balaban J connectivity index is 2.03. The number of nitrogens with zero attached hydrogens (tertiary/aromatic N) is 1. The fourth-order valence-electron chi connectivity index (χ4n) is 2.60. The summed E-state index contributed by atoms with van der Waals surface area (Å²) < 4.78 is 0. The van der Waals surface area contributed by atoms with Crippen LogP contribution in [0.5, 0.6) is 0 Å². The first kappa shape index (κ1) is 14.4. The molecule has 20 heavy (non-hydrogen) atoms. The van der Waals surface area contributed by atoms with Crippen LogP contribution in [0.3, 0.4) is 0 Å². The highest BCUT2D eigenvalue weighted by Crippen LogP contribution is 2.24. The Morgan fingerprint density at radius 3 is 2.60 bits per heavy atom. The third-order valence-corrected chi connectivity index (χ3v) is 3.76. The predicted octanol–water partition coefficient (Wildman–Crippen LogP) is 2.69. The van der Waals surface area contributed by atoms with Crippen molar-refractivity contribution in [1.29, 1.82) is 0 Å². The fraction of sp³-hybridized carbons (Fsp3) is 0.467. The highest BCUT2D eigenvalue weighted by molar-refractivity contribution is 5.99. The first-order valence-electron chi connectivity index (χ1n) is 7.09. The molecule has 1 aliphatic carbocycles. The molecule has 0 unspecified atom stereocenters. The van der Waals surface area contributed by atoms with Gasteiger partial charge in [-0.2, -0.15) is 0 Å². The van der Waals surface area contributed by atoms with Crippen LogP contribution in [0.2, 0.25) is 0 Å². The van der Waals surface area contributed by atoms with Gasteiger partial charge in [0.15, 0.2) is 5.84 Å². The van der Waals surface area contributed by atoms with E-state index in [-0.39, 0.29) is 17.7 Å². The smallest absolute Gasteiger partial charge is 0.227 e. The molecule has 1 fully saturated rings. The Hall–Kier alpha value is -2.04. The number of amidine groups is 1. The van der Waals surface area contributed by atoms with Crippen LogP contribution in [0.1, 0.15) is 44.1 Å². The maximum absolute atomic E-state index is 12.2. The number of carbonyl (C=O) groups excluding carboxylic acids is 1. The Kier molecular flexibility index (Phi) is 4.98. The molecule has 0 aliphatic heterocycles. The number of hydrogen-bond acceptors (Lipinski definition) is 3. The van der Waals surface area contributed by atoms with E-state index < -0.39 is 0 Å². The second-order valence-electron chi connectivity index (χ2n) is 5.24. The van der Waals surface area contributed by atoms with Crippen molar-refractivity contribution >= 4 is 17.4 Å². The number of anilines is 1. The van der Waals surface area contributed by atoms with Crippen LogP contribution >= 0.6 is 0 Å². The third-order valence-electron chi connectivity index (χ3n) is 3.76. The van der Waals surface area contributed by atoms with E-state index in [0.717, 1.165) is 25.7 Å². The standard InChI is InChI=1S/C15H21N3O2/c16-14(18-20)12-8-5-9-13(10-12)17-15(19)11-6-3-1-2-4-7-11/h5,8-11,20H,1-4,6-7H2,(H2,16,18)(H,17,19). The van der Waals surface area contributed by atoms with Gasteiger partial charge < -0.3 is 16.3 Å². The van der Waals surface area contributed by atoms with Crippen molar-refractivity contribution in [2.24, 2.45) is 16.8 Å². The average Bonchev–Trinajstić information content (AvgIpc) is 2.76. The molecule has 0 heterocycles. The van der Waals surface area contributed by atoms with Crippen molar-refractivity contribution in [3.63, 3.8) is 0 Å². The minimum Gasteiger partial charge on any atom is -0.409 e. The Labute approximate surface area is 118 Å². The first-order valence-corrected chi connectivity index (χ1v) is 7.09. The maximum atomic E-state index is 12.2. The fourth-order valence-corrected chi connectivity index (χ4v) is 2.60. The van der Waals surface area contributed by atoms with Crippen molar-refractivity contribution in [3.8, 4) is 0 Å². The van der Waals surface area contributed by atoms with E-state index in [1.165, 1.54) is 12.8 Å². The zero-order valence-electron chi connectivity index (χ0n) is 11.5. The van der Waals surface area contributed by atoms with Crippen LogP contribution in [0.25, 0.3) is 0 Å². The summed E-state index contributed by atoms with van der Waals surface area (Å²) in [7, 11) is 0. The molecule has 1 saturated carbocycles. The largest absolute Gasteiger partial charge is 0.409 e. The van der Waals surface area contributed by atoms with E-state index >= 15 is 0 Å². The molecule has 0 radical (unpaired) electrons. The number of nitrogens with one attached hydrogen (secondary N) is 1. The molecule has 0 aromatic heterocycles. The van der Waals surface area contributed by atoms with E-state index in [1.54, 1.807) is 18.2 Å². The van der Waals surface area contributed by atoms with Crippen molar-refractivity contribution in [3.05, 3.63) is 29.8 Å². The third kappa shape index (κ3) is 3.73. The summed E-state index contributed by atoms with van der Waals surface area (Å²) in [6, 6.07) is 7.03. The molecule has 2 rings (SSSR count). The molecule has 5 heteroatoms. The van der Waals surface area contributed by atoms with Gasteiger partial charge in [-0.15, -0.1) is 0 Å². The summed E-state index contributed by atoms with van der Waals surface area (Å²) in [4.78, 5) is 12.2. The number of hydrogen-bond donors (Lipinski definition) is 3. The van der Waals surface area contributed by atoms with Crippen LogP contribution in [0.15, 0.2) is 29.4 Å². The quantitative estimate of drug-likeness (QED) is 0.260. The molecular formula is C15H21N3O2. The lowest BCUT2D eigenvalue weighted by Gasteiger charge is -2.14. The van der Waals surface area contributed by atoms with Crippen molar-refractivity contribution < 1.29 is 10.0 Å². The van der Waals surface area contributed by atoms with Crippen molar-refractivity contribution in [2.45, 2.75) is 38.5 Å². The molecule has 108 valence electrons. The highest BCUT2D eigenvalue weighted by Gasteiger charge is 2.20. The molecule has 1 aliphatic rings. The van der Waals surface area contributed by atoms with Crippen molar-refractivity contribution in [1.82, 2.24) is 0 Å². The van der Waals surface area contributed by atoms with Gasteiger partial charge in [0.25, 0.3) is 0 Å². The number of nitrogens with two attached hydrogens (primary N) is 1. The molecule has 5 nitrogen and oxygen atoms in total. The summed E-state index contributed by atoms with van der Waals surface area (Å²) in [5.74, 6) is 0.212. The molecule has 1 aromatic carbocycles. The summed E-state index contributed by atoms with van der Waals surface area (Å²) in [6.07, 6.45) is 6.63. The number of benzene rings is 1. The van der Waals surface area contributed by atoms with E-state index in [0.29, 0.717) is 11.3 Å². The van der Waals surface area contributed by atoms with Crippen LogP contribution < -0.4 is 11.1 Å². The zero-order chi connectivity index (χ0) is 14.4. The molecule has 0 saturated heterocycles. The minimum atomic E-state index is 0.0376. The van der Waals surface area contributed by atoms with Gasteiger partial charge in [0.1, 0.15) is 0 Å². The molecule has 1 aromatic rings. The monoisotopic (exact) mass is 275 g/mol. The van der Waals surface area contributed by atoms with Crippen LogP contribution in [-0.2, 0) is 4.79 Å². The molecule has 0 spiro atoms. The number of amides is 1. The van der Waals surface area contributed by atoms with E-state index in [1.807, 2.05) is 6.07 Å². The van der Waals surface area contributed by atoms with Gasteiger partial charge in [0.05, 0.1) is 0 Å². The minimum absolute atomic E-state index is 0.0376. The Bertz CT molecular complexity index is 492. The van der Waals surface area contributed by atoms with Crippen LogP contribution in [0.4, 0.5) is 5.69 Å². The van der Waals surface area contributed by atoms with Gasteiger partial charge in [-0.1, -0.05) is 43.0 Å². The predicted molar refractivity (Wildman–Crippen MR) is 78.8 cm³/mol. The summed E-state index contributed by atoms with van der Waals surface area (Å²) in [6.45, 7) is 0.